The third-order valence-electron chi connectivity index (χ3n) is 4.51. The van der Waals surface area contributed by atoms with Gasteiger partial charge in [0.25, 0.3) is 0 Å². The molecule has 1 aliphatic carbocycles. The number of rotatable bonds is 9. The lowest BCUT2D eigenvalue weighted by Gasteiger charge is -2.14. The highest BCUT2D eigenvalue weighted by molar-refractivity contribution is 5.79. The molecule has 0 bridgehead atoms. The summed E-state index contributed by atoms with van der Waals surface area (Å²) in [5.74, 6) is 2.54. The summed E-state index contributed by atoms with van der Waals surface area (Å²) in [4.78, 5) is 4.30. The van der Waals surface area contributed by atoms with Crippen molar-refractivity contribution in [3.63, 3.8) is 0 Å². The molecule has 1 aromatic heterocycles. The van der Waals surface area contributed by atoms with Gasteiger partial charge in [0.05, 0.1) is 12.8 Å². The Labute approximate surface area is 155 Å². The second-order valence-corrected chi connectivity index (χ2v) is 6.84. The fraction of sp³-hybridized carbons (Fsp3) is 0.500. The standard InChI is InChI=1S/C20H29N5O/c1-21-20(22-11-5-6-17-12-24-25(2)14-17)23-13-18-7-3-4-8-19(18)26-15-16-9-10-16/h3-4,7-8,12,14,16H,5-6,9-11,13,15H2,1-2H3,(H2,21,22,23). The predicted octanol–water partition coefficient (Wildman–Crippen LogP) is 2.51. The average Bonchev–Trinajstić information content (AvgIpc) is 3.40. The van der Waals surface area contributed by atoms with E-state index >= 15 is 0 Å². The average molecular weight is 355 g/mol. The molecule has 0 aliphatic heterocycles. The normalized spacial score (nSPS) is 14.3. The summed E-state index contributed by atoms with van der Waals surface area (Å²) < 4.78 is 7.81. The van der Waals surface area contributed by atoms with E-state index in [1.54, 1.807) is 7.05 Å². The Bertz CT molecular complexity index is 720. The van der Waals surface area contributed by atoms with Gasteiger partial charge in [-0.25, -0.2) is 0 Å². The third kappa shape index (κ3) is 5.79. The van der Waals surface area contributed by atoms with E-state index in [9.17, 15) is 0 Å². The first kappa shape index (κ1) is 18.3. The Kier molecular flexibility index (Phi) is 6.52. The van der Waals surface area contributed by atoms with Gasteiger partial charge in [0.1, 0.15) is 5.75 Å². The zero-order valence-electron chi connectivity index (χ0n) is 15.7. The Morgan fingerprint density at radius 2 is 2.15 bits per heavy atom. The Hall–Kier alpha value is -2.50. The van der Waals surface area contributed by atoms with Crippen molar-refractivity contribution >= 4 is 5.96 Å². The first-order valence-electron chi connectivity index (χ1n) is 9.37. The van der Waals surface area contributed by atoms with Crippen LogP contribution in [0.15, 0.2) is 41.7 Å². The second-order valence-electron chi connectivity index (χ2n) is 6.84. The fourth-order valence-corrected chi connectivity index (χ4v) is 2.78. The first-order chi connectivity index (χ1) is 12.7. The Balaban J connectivity index is 1.40. The number of aromatic nitrogens is 2. The van der Waals surface area contributed by atoms with E-state index in [0.717, 1.165) is 49.2 Å². The number of ether oxygens (including phenoxy) is 1. The predicted molar refractivity (Wildman–Crippen MR) is 104 cm³/mol. The van der Waals surface area contributed by atoms with Crippen LogP contribution in [0.4, 0.5) is 0 Å². The van der Waals surface area contributed by atoms with Gasteiger partial charge in [0.15, 0.2) is 5.96 Å². The van der Waals surface area contributed by atoms with Crippen LogP contribution in [0, 0.1) is 5.92 Å². The molecule has 1 saturated carbocycles. The fourth-order valence-electron chi connectivity index (χ4n) is 2.78. The number of para-hydroxylation sites is 1. The molecule has 0 saturated heterocycles. The summed E-state index contributed by atoms with van der Waals surface area (Å²) in [7, 11) is 3.74. The molecule has 2 N–H and O–H groups in total. The lowest BCUT2D eigenvalue weighted by atomic mass is 10.2. The smallest absolute Gasteiger partial charge is 0.191 e. The van der Waals surface area contributed by atoms with Gasteiger partial charge in [-0.3, -0.25) is 9.67 Å². The number of benzene rings is 1. The number of aliphatic imine (C=N–C) groups is 1. The van der Waals surface area contributed by atoms with Gasteiger partial charge >= 0.3 is 0 Å². The van der Waals surface area contributed by atoms with Gasteiger partial charge in [-0.1, -0.05) is 18.2 Å². The van der Waals surface area contributed by atoms with E-state index in [-0.39, 0.29) is 0 Å². The van der Waals surface area contributed by atoms with Crippen LogP contribution in [-0.2, 0) is 20.0 Å². The molecule has 0 spiro atoms. The quantitative estimate of drug-likeness (QED) is 0.412. The summed E-state index contributed by atoms with van der Waals surface area (Å²) in [5, 5.41) is 10.9. The molecule has 1 heterocycles. The van der Waals surface area contributed by atoms with E-state index in [2.05, 4.69) is 33.0 Å². The molecule has 2 aromatic rings. The van der Waals surface area contributed by atoms with Crippen molar-refractivity contribution in [2.24, 2.45) is 18.0 Å². The number of guanidine groups is 1. The first-order valence-corrected chi connectivity index (χ1v) is 9.37. The molecule has 1 aromatic carbocycles. The summed E-state index contributed by atoms with van der Waals surface area (Å²) in [5.41, 5.74) is 2.42. The van der Waals surface area contributed by atoms with Gasteiger partial charge in [0, 0.05) is 38.9 Å². The molecular weight excluding hydrogens is 326 g/mol. The zero-order chi connectivity index (χ0) is 18.2. The highest BCUT2D eigenvalue weighted by atomic mass is 16.5. The van der Waals surface area contributed by atoms with Gasteiger partial charge in [0.2, 0.25) is 0 Å². The van der Waals surface area contributed by atoms with Crippen molar-refractivity contribution in [3.05, 3.63) is 47.8 Å². The minimum absolute atomic E-state index is 0.698. The number of nitrogens with one attached hydrogen (secondary N) is 2. The van der Waals surface area contributed by atoms with E-state index in [1.807, 2.05) is 36.1 Å². The van der Waals surface area contributed by atoms with E-state index in [4.69, 9.17) is 4.74 Å². The molecule has 140 valence electrons. The summed E-state index contributed by atoms with van der Waals surface area (Å²) in [6.07, 6.45) is 8.63. The molecule has 0 radical (unpaired) electrons. The SMILES string of the molecule is CN=C(NCCCc1cnn(C)c1)NCc1ccccc1OCC1CC1. The van der Waals surface area contributed by atoms with Crippen molar-refractivity contribution in [2.75, 3.05) is 20.2 Å². The van der Waals surface area contributed by atoms with Gasteiger partial charge < -0.3 is 15.4 Å². The highest BCUT2D eigenvalue weighted by Gasteiger charge is 2.22. The molecular formula is C20H29N5O. The van der Waals surface area contributed by atoms with E-state index in [0.29, 0.717) is 6.54 Å². The zero-order valence-corrected chi connectivity index (χ0v) is 15.7. The Morgan fingerprint density at radius 1 is 1.31 bits per heavy atom. The molecule has 0 atom stereocenters. The lowest BCUT2D eigenvalue weighted by molar-refractivity contribution is 0.296. The molecule has 0 amide bonds. The summed E-state index contributed by atoms with van der Waals surface area (Å²) in [6.45, 7) is 2.40. The molecule has 6 heteroatoms. The summed E-state index contributed by atoms with van der Waals surface area (Å²) in [6, 6.07) is 8.22. The van der Waals surface area contributed by atoms with Crippen LogP contribution in [0.25, 0.3) is 0 Å². The topological polar surface area (TPSA) is 63.5 Å². The summed E-state index contributed by atoms with van der Waals surface area (Å²) >= 11 is 0. The molecule has 26 heavy (non-hydrogen) atoms. The van der Waals surface area contributed by atoms with Crippen LogP contribution in [0.3, 0.4) is 0 Å². The van der Waals surface area contributed by atoms with Crippen molar-refractivity contribution in [3.8, 4) is 5.75 Å². The van der Waals surface area contributed by atoms with Gasteiger partial charge in [-0.05, 0) is 43.2 Å². The monoisotopic (exact) mass is 355 g/mol. The van der Waals surface area contributed by atoms with Gasteiger partial charge in [-0.2, -0.15) is 5.10 Å². The maximum absolute atomic E-state index is 5.97. The van der Waals surface area contributed by atoms with Crippen LogP contribution in [0.2, 0.25) is 0 Å². The number of hydrogen-bond acceptors (Lipinski definition) is 3. The van der Waals surface area contributed by atoms with Crippen molar-refractivity contribution in [2.45, 2.75) is 32.2 Å². The maximum Gasteiger partial charge on any atom is 0.191 e. The molecule has 6 nitrogen and oxygen atoms in total. The van der Waals surface area contributed by atoms with Crippen molar-refractivity contribution in [1.29, 1.82) is 0 Å². The van der Waals surface area contributed by atoms with Crippen LogP contribution < -0.4 is 15.4 Å². The number of nitrogens with zero attached hydrogens (tertiary/aromatic N) is 3. The van der Waals surface area contributed by atoms with E-state index in [1.165, 1.54) is 18.4 Å². The third-order valence-corrected chi connectivity index (χ3v) is 4.51. The second kappa shape index (κ2) is 9.27. The Morgan fingerprint density at radius 3 is 2.88 bits per heavy atom. The van der Waals surface area contributed by atoms with Crippen LogP contribution in [-0.4, -0.2) is 35.9 Å². The number of aryl methyl sites for hydroxylation is 2. The van der Waals surface area contributed by atoms with Crippen LogP contribution >= 0.6 is 0 Å². The van der Waals surface area contributed by atoms with Crippen molar-refractivity contribution in [1.82, 2.24) is 20.4 Å². The van der Waals surface area contributed by atoms with Crippen LogP contribution in [0.5, 0.6) is 5.75 Å². The minimum atomic E-state index is 0.698. The van der Waals surface area contributed by atoms with E-state index < -0.39 is 0 Å². The highest BCUT2D eigenvalue weighted by Crippen LogP contribution is 2.30. The number of hydrogen-bond donors (Lipinski definition) is 2. The van der Waals surface area contributed by atoms with Crippen LogP contribution in [0.1, 0.15) is 30.4 Å². The molecule has 1 fully saturated rings. The molecule has 1 aliphatic rings. The lowest BCUT2D eigenvalue weighted by Crippen LogP contribution is -2.37. The molecule has 0 unspecified atom stereocenters. The molecule has 3 rings (SSSR count). The van der Waals surface area contributed by atoms with Gasteiger partial charge in [-0.15, -0.1) is 0 Å². The minimum Gasteiger partial charge on any atom is -0.493 e. The maximum atomic E-state index is 5.97. The van der Waals surface area contributed by atoms with Crippen molar-refractivity contribution < 1.29 is 4.74 Å². The largest absolute Gasteiger partial charge is 0.493 e.